The molecule has 0 N–H and O–H groups in total. The molecule has 1 aromatic heterocycles. The fourth-order valence-electron chi connectivity index (χ4n) is 4.22. The van der Waals surface area contributed by atoms with Crippen molar-refractivity contribution in [2.75, 3.05) is 13.7 Å². The molecule has 0 radical (unpaired) electrons. The van der Waals surface area contributed by atoms with Gasteiger partial charge in [-0.2, -0.15) is 0 Å². The minimum atomic E-state index is -0.379. The molecule has 0 spiro atoms. The Hall–Kier alpha value is -3.53. The first kappa shape index (κ1) is 19.4. The first-order valence-corrected chi connectivity index (χ1v) is 10.7. The summed E-state index contributed by atoms with van der Waals surface area (Å²) in [5.41, 5.74) is 6.24. The molecule has 0 bridgehead atoms. The summed E-state index contributed by atoms with van der Waals surface area (Å²) in [6.07, 6.45) is 2.43. The zero-order chi connectivity index (χ0) is 21.2. The van der Waals surface area contributed by atoms with Crippen molar-refractivity contribution in [3.63, 3.8) is 0 Å². The number of fused-ring (bicyclic) bond motifs is 1. The lowest BCUT2D eigenvalue weighted by molar-refractivity contribution is -0.142. The molecule has 0 unspecified atom stereocenters. The van der Waals surface area contributed by atoms with E-state index in [4.69, 9.17) is 9.47 Å². The molecular weight excluding hydrogens is 386 g/mol. The van der Waals surface area contributed by atoms with E-state index in [-0.39, 0.29) is 12.6 Å². The van der Waals surface area contributed by atoms with Crippen LogP contribution in [0.25, 0.3) is 22.0 Å². The highest BCUT2D eigenvalue weighted by molar-refractivity contribution is 5.88. The van der Waals surface area contributed by atoms with E-state index in [1.807, 2.05) is 18.2 Å². The Morgan fingerprint density at radius 1 is 0.968 bits per heavy atom. The molecule has 1 heterocycles. The maximum absolute atomic E-state index is 11.6. The number of hydrogen-bond donors (Lipinski definition) is 0. The average Bonchev–Trinajstić information content (AvgIpc) is 3.60. The third-order valence-corrected chi connectivity index (χ3v) is 5.94. The standard InChI is InChI=1S/C27H25NO3/c1-30-27(29)18-31-26-13-7-12-24-23(26)16-25(20-14-15-20)28(24)17-21-10-5-6-11-22(21)19-8-3-2-4-9-19/h2-13,16,20H,14-15,17-18H2,1H3. The van der Waals surface area contributed by atoms with Crippen molar-refractivity contribution >= 4 is 16.9 Å². The van der Waals surface area contributed by atoms with Crippen molar-refractivity contribution in [1.82, 2.24) is 4.57 Å². The quantitative estimate of drug-likeness (QED) is 0.362. The summed E-state index contributed by atoms with van der Waals surface area (Å²) in [6.45, 7) is 0.706. The smallest absolute Gasteiger partial charge is 0.343 e. The summed E-state index contributed by atoms with van der Waals surface area (Å²) in [5, 5.41) is 1.05. The highest BCUT2D eigenvalue weighted by Crippen LogP contribution is 2.44. The van der Waals surface area contributed by atoms with Gasteiger partial charge in [0.1, 0.15) is 5.75 Å². The van der Waals surface area contributed by atoms with E-state index < -0.39 is 0 Å². The number of rotatable bonds is 7. The molecule has 4 heteroatoms. The Labute approximate surface area is 182 Å². The van der Waals surface area contributed by atoms with Gasteiger partial charge in [-0.1, -0.05) is 60.7 Å². The summed E-state index contributed by atoms with van der Waals surface area (Å²) in [7, 11) is 1.37. The SMILES string of the molecule is COC(=O)COc1cccc2c1cc(C1CC1)n2Cc1ccccc1-c1ccccc1. The molecule has 1 fully saturated rings. The molecule has 4 nitrogen and oxygen atoms in total. The lowest BCUT2D eigenvalue weighted by atomic mass is 9.99. The molecule has 5 rings (SSSR count). The molecule has 3 aromatic carbocycles. The molecule has 0 saturated heterocycles. The van der Waals surface area contributed by atoms with Crippen LogP contribution in [-0.4, -0.2) is 24.3 Å². The van der Waals surface area contributed by atoms with Crippen LogP contribution in [0.4, 0.5) is 0 Å². The van der Waals surface area contributed by atoms with Gasteiger partial charge >= 0.3 is 5.97 Å². The van der Waals surface area contributed by atoms with Crippen molar-refractivity contribution in [1.29, 1.82) is 0 Å². The predicted molar refractivity (Wildman–Crippen MR) is 122 cm³/mol. The summed E-state index contributed by atoms with van der Waals surface area (Å²) < 4.78 is 12.9. The van der Waals surface area contributed by atoms with E-state index >= 15 is 0 Å². The molecule has 1 aliphatic carbocycles. The van der Waals surface area contributed by atoms with E-state index in [2.05, 4.69) is 65.2 Å². The van der Waals surface area contributed by atoms with Gasteiger partial charge in [-0.25, -0.2) is 4.79 Å². The van der Waals surface area contributed by atoms with Crippen molar-refractivity contribution in [3.8, 4) is 16.9 Å². The summed E-state index contributed by atoms with van der Waals surface area (Å²) in [5.74, 6) is 0.931. The Balaban J connectivity index is 1.57. The molecule has 1 saturated carbocycles. The lowest BCUT2D eigenvalue weighted by Crippen LogP contribution is -2.12. The number of hydrogen-bond acceptors (Lipinski definition) is 3. The van der Waals surface area contributed by atoms with Gasteiger partial charge < -0.3 is 14.0 Å². The Morgan fingerprint density at radius 2 is 1.74 bits per heavy atom. The van der Waals surface area contributed by atoms with E-state index in [0.29, 0.717) is 5.92 Å². The number of methoxy groups -OCH3 is 1. The van der Waals surface area contributed by atoms with Gasteiger partial charge in [-0.05, 0) is 53.6 Å². The van der Waals surface area contributed by atoms with Crippen molar-refractivity contribution in [2.24, 2.45) is 0 Å². The van der Waals surface area contributed by atoms with Crippen molar-refractivity contribution in [2.45, 2.75) is 25.3 Å². The third-order valence-electron chi connectivity index (χ3n) is 5.94. The fourth-order valence-corrected chi connectivity index (χ4v) is 4.22. The van der Waals surface area contributed by atoms with Crippen LogP contribution in [-0.2, 0) is 16.1 Å². The van der Waals surface area contributed by atoms with Crippen LogP contribution < -0.4 is 4.74 Å². The highest BCUT2D eigenvalue weighted by atomic mass is 16.6. The minimum absolute atomic E-state index is 0.0869. The maximum Gasteiger partial charge on any atom is 0.343 e. The van der Waals surface area contributed by atoms with Crippen LogP contribution in [0.2, 0.25) is 0 Å². The Bertz CT molecular complexity index is 1220. The number of carbonyl (C=O) groups is 1. The van der Waals surface area contributed by atoms with E-state index in [9.17, 15) is 4.79 Å². The molecule has 0 amide bonds. The molecule has 0 aliphatic heterocycles. The topological polar surface area (TPSA) is 40.5 Å². The molecule has 0 atom stereocenters. The maximum atomic E-state index is 11.6. The van der Waals surface area contributed by atoms with Gasteiger partial charge in [0.05, 0.1) is 12.6 Å². The number of nitrogens with zero attached hydrogens (tertiary/aromatic N) is 1. The second kappa shape index (κ2) is 8.31. The largest absolute Gasteiger partial charge is 0.481 e. The van der Waals surface area contributed by atoms with Gasteiger partial charge in [0, 0.05) is 17.6 Å². The van der Waals surface area contributed by atoms with Crippen LogP contribution in [0.3, 0.4) is 0 Å². The fraction of sp³-hybridized carbons (Fsp3) is 0.222. The van der Waals surface area contributed by atoms with E-state index in [1.54, 1.807) is 0 Å². The predicted octanol–water partition coefficient (Wildman–Crippen LogP) is 5.79. The first-order valence-electron chi connectivity index (χ1n) is 10.7. The first-order chi connectivity index (χ1) is 15.2. The Kier molecular flexibility index (Phi) is 5.21. The van der Waals surface area contributed by atoms with E-state index in [0.717, 1.165) is 23.2 Å². The van der Waals surface area contributed by atoms with Crippen molar-refractivity contribution < 1.29 is 14.3 Å². The third kappa shape index (κ3) is 3.93. The number of benzene rings is 3. The zero-order valence-electron chi connectivity index (χ0n) is 17.6. The Morgan fingerprint density at radius 3 is 2.52 bits per heavy atom. The average molecular weight is 412 g/mol. The van der Waals surface area contributed by atoms with Crippen LogP contribution in [0.5, 0.6) is 5.75 Å². The number of ether oxygens (including phenoxy) is 2. The normalized spacial score (nSPS) is 13.3. The second-order valence-electron chi connectivity index (χ2n) is 8.01. The molecule has 156 valence electrons. The van der Waals surface area contributed by atoms with Crippen molar-refractivity contribution in [3.05, 3.63) is 90.1 Å². The monoisotopic (exact) mass is 411 g/mol. The minimum Gasteiger partial charge on any atom is -0.481 e. The highest BCUT2D eigenvalue weighted by Gasteiger charge is 2.29. The second-order valence-corrected chi connectivity index (χ2v) is 8.01. The summed E-state index contributed by atoms with van der Waals surface area (Å²) in [6, 6.07) is 27.4. The van der Waals surface area contributed by atoms with Crippen LogP contribution in [0, 0.1) is 0 Å². The van der Waals surface area contributed by atoms with Gasteiger partial charge in [-0.3, -0.25) is 0 Å². The van der Waals surface area contributed by atoms with Gasteiger partial charge in [0.2, 0.25) is 0 Å². The summed E-state index contributed by atoms with van der Waals surface area (Å²) >= 11 is 0. The summed E-state index contributed by atoms with van der Waals surface area (Å²) in [4.78, 5) is 11.6. The lowest BCUT2D eigenvalue weighted by Gasteiger charge is -2.15. The molecule has 1 aliphatic rings. The van der Waals surface area contributed by atoms with Crippen LogP contribution in [0.15, 0.2) is 78.9 Å². The van der Waals surface area contributed by atoms with Gasteiger partial charge in [-0.15, -0.1) is 0 Å². The number of aromatic nitrogens is 1. The molecule has 4 aromatic rings. The number of carbonyl (C=O) groups excluding carboxylic acids is 1. The molecular formula is C27H25NO3. The zero-order valence-corrected chi connectivity index (χ0v) is 17.6. The number of esters is 1. The van der Waals surface area contributed by atoms with Gasteiger partial charge in [0.25, 0.3) is 0 Å². The molecule has 31 heavy (non-hydrogen) atoms. The van der Waals surface area contributed by atoms with E-state index in [1.165, 1.54) is 42.3 Å². The van der Waals surface area contributed by atoms with Gasteiger partial charge in [0.15, 0.2) is 6.61 Å². The van der Waals surface area contributed by atoms with Crippen LogP contribution in [0.1, 0.15) is 30.0 Å². The van der Waals surface area contributed by atoms with Crippen LogP contribution >= 0.6 is 0 Å².